The summed E-state index contributed by atoms with van der Waals surface area (Å²) in [6.45, 7) is 0. The first-order valence-corrected chi connectivity index (χ1v) is 3.60. The van der Waals surface area contributed by atoms with Crippen LogP contribution in [0.2, 0.25) is 0 Å². The zero-order valence-corrected chi connectivity index (χ0v) is 6.98. The van der Waals surface area contributed by atoms with Crippen LogP contribution in [0.15, 0.2) is 6.20 Å². The maximum absolute atomic E-state index is 8.52. The molecule has 0 amide bonds. The van der Waals surface area contributed by atoms with E-state index in [1.807, 2.05) is 6.07 Å². The van der Waals surface area contributed by atoms with Crippen LogP contribution in [0.1, 0.15) is 11.4 Å². The molecule has 1 rings (SSSR count). The van der Waals surface area contributed by atoms with Gasteiger partial charge in [0.1, 0.15) is 22.1 Å². The maximum atomic E-state index is 8.52. The van der Waals surface area contributed by atoms with Gasteiger partial charge in [0.2, 0.25) is 0 Å². The van der Waals surface area contributed by atoms with E-state index >= 15 is 0 Å². The molecule has 0 atom stereocenters. The Balaban J connectivity index is 3.15. The van der Waals surface area contributed by atoms with Crippen molar-refractivity contribution in [3.63, 3.8) is 0 Å². The number of terminal acetylenes is 1. The molecule has 0 radical (unpaired) electrons. The molecule has 0 aromatic carbocycles. The number of nitriles is 1. The summed E-state index contributed by atoms with van der Waals surface area (Å²) < 4.78 is 0.387. The Morgan fingerprint density at radius 1 is 1.75 bits per heavy atom. The van der Waals surface area contributed by atoms with Crippen molar-refractivity contribution in [3.8, 4) is 18.4 Å². The Bertz CT molecular complexity index is 419. The minimum Gasteiger partial charge on any atom is -0.333 e. The molecule has 0 unspecified atom stereocenters. The number of aromatic nitrogens is 2. The topological polar surface area (TPSA) is 52.5 Å². The molecule has 0 fully saturated rings. The van der Waals surface area contributed by atoms with E-state index in [0.29, 0.717) is 22.4 Å². The highest BCUT2D eigenvalue weighted by atomic mass is 32.1. The lowest BCUT2D eigenvalue weighted by molar-refractivity contribution is 0.987. The van der Waals surface area contributed by atoms with Crippen LogP contribution < -0.4 is 0 Å². The van der Waals surface area contributed by atoms with Crippen LogP contribution in [0.4, 0.5) is 0 Å². The lowest BCUT2D eigenvalue weighted by atomic mass is 10.3. The van der Waals surface area contributed by atoms with E-state index < -0.39 is 0 Å². The smallest absolute Gasteiger partial charge is 0.124 e. The monoisotopic (exact) mass is 175 g/mol. The first kappa shape index (κ1) is 8.45. The number of rotatable bonds is 1. The van der Waals surface area contributed by atoms with E-state index in [0.717, 1.165) is 0 Å². The Hall–Kier alpha value is -1.65. The number of hydrogen-bond donors (Lipinski definition) is 1. The van der Waals surface area contributed by atoms with Gasteiger partial charge in [-0.3, -0.25) is 0 Å². The second-order valence-corrected chi connectivity index (χ2v) is 2.47. The number of nitrogens with zero attached hydrogens (tertiary/aromatic N) is 2. The minimum absolute atomic E-state index is 0.366. The second-order valence-electron chi connectivity index (χ2n) is 2.07. The summed E-state index contributed by atoms with van der Waals surface area (Å²) in [5, 5.41) is 8.52. The zero-order chi connectivity index (χ0) is 8.97. The molecular weight excluding hydrogens is 170 g/mol. The van der Waals surface area contributed by atoms with Crippen molar-refractivity contribution in [1.82, 2.24) is 9.97 Å². The molecule has 4 heteroatoms. The van der Waals surface area contributed by atoms with E-state index in [-0.39, 0.29) is 0 Å². The Kier molecular flexibility index (Phi) is 2.57. The predicted molar refractivity (Wildman–Crippen MR) is 46.7 cm³/mol. The molecule has 1 aromatic rings. The third-order valence-electron chi connectivity index (χ3n) is 1.24. The van der Waals surface area contributed by atoms with Gasteiger partial charge >= 0.3 is 0 Å². The van der Waals surface area contributed by atoms with Crippen molar-refractivity contribution in [2.24, 2.45) is 0 Å². The van der Waals surface area contributed by atoms with Crippen LogP contribution in [0.5, 0.6) is 0 Å². The van der Waals surface area contributed by atoms with E-state index in [1.54, 1.807) is 0 Å². The average molecular weight is 175 g/mol. The van der Waals surface area contributed by atoms with Gasteiger partial charge in [0, 0.05) is 6.20 Å². The van der Waals surface area contributed by atoms with Crippen molar-refractivity contribution >= 4 is 12.2 Å². The number of H-pyrrole nitrogens is 1. The molecule has 58 valence electrons. The normalized spacial score (nSPS) is 8.50. The number of hydrogen-bond acceptors (Lipinski definition) is 3. The molecule has 0 spiro atoms. The zero-order valence-electron chi connectivity index (χ0n) is 6.16. The third-order valence-corrected chi connectivity index (χ3v) is 1.56. The second kappa shape index (κ2) is 3.66. The lowest BCUT2D eigenvalue weighted by Gasteiger charge is -1.94. The van der Waals surface area contributed by atoms with Crippen molar-refractivity contribution in [3.05, 3.63) is 22.2 Å². The average Bonchev–Trinajstić information content (AvgIpc) is 2.05. The maximum Gasteiger partial charge on any atom is 0.124 e. The van der Waals surface area contributed by atoms with Crippen LogP contribution in [-0.4, -0.2) is 9.97 Å². The molecule has 0 saturated heterocycles. The fourth-order valence-electron chi connectivity index (χ4n) is 0.698. The van der Waals surface area contributed by atoms with Crippen LogP contribution in [0.25, 0.3) is 0 Å². The van der Waals surface area contributed by atoms with Crippen LogP contribution in [0.3, 0.4) is 0 Å². The van der Waals surface area contributed by atoms with Crippen molar-refractivity contribution in [1.29, 1.82) is 5.26 Å². The summed E-state index contributed by atoms with van der Waals surface area (Å²) in [6.07, 6.45) is 6.89. The molecule has 1 N–H and O–H groups in total. The summed E-state index contributed by atoms with van der Waals surface area (Å²) in [5.74, 6) is 3.04. The molecule has 0 aliphatic heterocycles. The summed E-state index contributed by atoms with van der Waals surface area (Å²) >= 11 is 4.87. The van der Waals surface area contributed by atoms with Crippen LogP contribution in [-0.2, 0) is 6.42 Å². The van der Waals surface area contributed by atoms with Crippen molar-refractivity contribution in [2.75, 3.05) is 0 Å². The van der Waals surface area contributed by atoms with E-state index in [9.17, 15) is 0 Å². The molecule has 0 aliphatic rings. The van der Waals surface area contributed by atoms with Gasteiger partial charge in [0.05, 0.1) is 6.42 Å². The summed E-state index contributed by atoms with van der Waals surface area (Å²) in [4.78, 5) is 6.68. The van der Waals surface area contributed by atoms with Gasteiger partial charge in [-0.25, -0.2) is 4.98 Å². The predicted octanol–water partition coefficient (Wildman–Crippen LogP) is 1.19. The van der Waals surface area contributed by atoms with Gasteiger partial charge in [0.15, 0.2) is 0 Å². The van der Waals surface area contributed by atoms with E-state index in [2.05, 4.69) is 15.9 Å². The lowest BCUT2D eigenvalue weighted by Crippen LogP contribution is -1.94. The molecule has 1 aromatic heterocycles. The number of nitrogens with one attached hydrogen (secondary N) is 1. The largest absolute Gasteiger partial charge is 0.333 e. The van der Waals surface area contributed by atoms with Gasteiger partial charge < -0.3 is 4.98 Å². The SMILES string of the molecule is C#CCc1ncc(C#N)c(=S)[nH]1. The van der Waals surface area contributed by atoms with Crippen molar-refractivity contribution in [2.45, 2.75) is 6.42 Å². The Morgan fingerprint density at radius 3 is 3.00 bits per heavy atom. The molecule has 0 bridgehead atoms. The molecule has 12 heavy (non-hydrogen) atoms. The number of aromatic amines is 1. The van der Waals surface area contributed by atoms with Crippen LogP contribution in [0, 0.1) is 28.3 Å². The summed E-state index contributed by atoms with van der Waals surface area (Å²) in [7, 11) is 0. The van der Waals surface area contributed by atoms with E-state index in [1.165, 1.54) is 6.20 Å². The van der Waals surface area contributed by atoms with Gasteiger partial charge in [-0.2, -0.15) is 5.26 Å². The molecule has 3 nitrogen and oxygen atoms in total. The highest BCUT2D eigenvalue weighted by Gasteiger charge is 1.96. The quantitative estimate of drug-likeness (QED) is 0.515. The van der Waals surface area contributed by atoms with Gasteiger partial charge in [0.25, 0.3) is 0 Å². The molecule has 1 heterocycles. The fraction of sp³-hybridized carbons (Fsp3) is 0.125. The van der Waals surface area contributed by atoms with Gasteiger partial charge in [-0.1, -0.05) is 18.1 Å². The molecular formula is C8H5N3S. The van der Waals surface area contributed by atoms with Gasteiger partial charge in [-0.05, 0) is 0 Å². The Labute approximate surface area is 75.1 Å². The summed E-state index contributed by atoms with van der Waals surface area (Å²) in [5.41, 5.74) is 0.366. The van der Waals surface area contributed by atoms with Gasteiger partial charge in [-0.15, -0.1) is 6.42 Å². The Morgan fingerprint density at radius 2 is 2.50 bits per heavy atom. The van der Waals surface area contributed by atoms with E-state index in [4.69, 9.17) is 23.9 Å². The third kappa shape index (κ3) is 1.69. The van der Waals surface area contributed by atoms with Crippen LogP contribution >= 0.6 is 12.2 Å². The first-order valence-electron chi connectivity index (χ1n) is 3.19. The highest BCUT2D eigenvalue weighted by Crippen LogP contribution is 1.97. The highest BCUT2D eigenvalue weighted by molar-refractivity contribution is 7.71. The van der Waals surface area contributed by atoms with Crippen molar-refractivity contribution < 1.29 is 0 Å². The fourth-order valence-corrected chi connectivity index (χ4v) is 0.914. The molecule has 0 aliphatic carbocycles. The standard InChI is InChI=1S/C8H5N3S/c1-2-3-7-10-5-6(4-9)8(12)11-7/h1,5H,3H2,(H,10,11,12). The first-order chi connectivity index (χ1) is 5.77. The molecule has 0 saturated carbocycles. The summed E-state index contributed by atoms with van der Waals surface area (Å²) in [6, 6.07) is 1.91. The minimum atomic E-state index is 0.366.